The van der Waals surface area contributed by atoms with Crippen LogP contribution in [0.15, 0.2) is 48.9 Å². The highest BCUT2D eigenvalue weighted by atomic mass is 15.2. The van der Waals surface area contributed by atoms with Gasteiger partial charge in [-0.15, -0.1) is 10.2 Å². The van der Waals surface area contributed by atoms with Crippen LogP contribution in [-0.2, 0) is 6.54 Å². The minimum Gasteiger partial charge on any atom is -0.312 e. The van der Waals surface area contributed by atoms with E-state index in [9.17, 15) is 0 Å². The molecule has 0 saturated carbocycles. The zero-order valence-electron chi connectivity index (χ0n) is 10.5. The van der Waals surface area contributed by atoms with Crippen molar-refractivity contribution >= 4 is 5.65 Å². The average molecular weight is 250 g/mol. The van der Waals surface area contributed by atoms with Gasteiger partial charge in [-0.25, -0.2) is 0 Å². The quantitative estimate of drug-likeness (QED) is 0.718. The van der Waals surface area contributed by atoms with Gasteiger partial charge in [0.25, 0.3) is 0 Å². The van der Waals surface area contributed by atoms with Gasteiger partial charge in [-0.3, -0.25) is 4.40 Å². The second kappa shape index (κ2) is 4.17. The number of hydrogen-bond acceptors (Lipinski definition) is 3. The number of fused-ring (bicyclic) bond motifs is 2. The number of pyridine rings is 1. The van der Waals surface area contributed by atoms with Crippen LogP contribution in [0, 0.1) is 0 Å². The number of benzene rings is 1. The molecule has 2 aromatic heterocycles. The van der Waals surface area contributed by atoms with Gasteiger partial charge in [0.2, 0.25) is 0 Å². The topological polar surface area (TPSA) is 42.2 Å². The van der Waals surface area contributed by atoms with E-state index in [2.05, 4.69) is 51.9 Å². The molecule has 1 atom stereocenters. The minimum absolute atomic E-state index is 0.395. The number of aromatic nitrogens is 3. The Balaban J connectivity index is 1.84. The lowest BCUT2D eigenvalue weighted by molar-refractivity contribution is 0.591. The summed E-state index contributed by atoms with van der Waals surface area (Å²) >= 11 is 0. The third-order valence-corrected chi connectivity index (χ3v) is 3.82. The predicted molar refractivity (Wildman–Crippen MR) is 73.0 cm³/mol. The Kier molecular flexibility index (Phi) is 2.35. The van der Waals surface area contributed by atoms with Crippen molar-refractivity contribution in [1.29, 1.82) is 0 Å². The lowest BCUT2D eigenvalue weighted by atomic mass is 9.86. The highest BCUT2D eigenvalue weighted by Gasteiger charge is 2.21. The van der Waals surface area contributed by atoms with Crippen molar-refractivity contribution in [1.82, 2.24) is 19.9 Å². The zero-order chi connectivity index (χ0) is 12.7. The van der Waals surface area contributed by atoms with Gasteiger partial charge in [0.05, 0.1) is 0 Å². The zero-order valence-corrected chi connectivity index (χ0v) is 10.5. The molecule has 4 rings (SSSR count). The summed E-state index contributed by atoms with van der Waals surface area (Å²) in [4.78, 5) is 0. The van der Waals surface area contributed by atoms with Gasteiger partial charge < -0.3 is 5.32 Å². The van der Waals surface area contributed by atoms with Crippen molar-refractivity contribution < 1.29 is 0 Å². The molecule has 3 heterocycles. The molecule has 94 valence electrons. The van der Waals surface area contributed by atoms with Crippen LogP contribution in [-0.4, -0.2) is 21.1 Å². The molecule has 0 fully saturated rings. The van der Waals surface area contributed by atoms with Crippen LogP contribution >= 0.6 is 0 Å². The van der Waals surface area contributed by atoms with Crippen LogP contribution in [0.5, 0.6) is 0 Å². The largest absolute Gasteiger partial charge is 0.312 e. The Hall–Kier alpha value is -2.20. The molecule has 19 heavy (non-hydrogen) atoms. The first-order chi connectivity index (χ1) is 9.42. The summed E-state index contributed by atoms with van der Waals surface area (Å²) in [7, 11) is 0. The first kappa shape index (κ1) is 10.7. The van der Waals surface area contributed by atoms with Crippen LogP contribution in [0.2, 0.25) is 0 Å². The fraction of sp³-hybridized carbons (Fsp3) is 0.200. The van der Waals surface area contributed by atoms with Crippen LogP contribution in [0.4, 0.5) is 0 Å². The van der Waals surface area contributed by atoms with Crippen molar-refractivity contribution in [3.63, 3.8) is 0 Å². The van der Waals surface area contributed by atoms with Gasteiger partial charge >= 0.3 is 0 Å². The molecule has 0 amide bonds. The van der Waals surface area contributed by atoms with E-state index in [1.54, 1.807) is 6.33 Å². The molecule has 0 spiro atoms. The number of nitrogens with one attached hydrogen (secondary N) is 1. The van der Waals surface area contributed by atoms with Crippen LogP contribution in [0.1, 0.15) is 22.6 Å². The summed E-state index contributed by atoms with van der Waals surface area (Å²) in [6, 6.07) is 12.9. The van der Waals surface area contributed by atoms with E-state index < -0.39 is 0 Å². The first-order valence-electron chi connectivity index (χ1n) is 6.49. The molecule has 1 aliphatic heterocycles. The minimum atomic E-state index is 0.395. The summed E-state index contributed by atoms with van der Waals surface area (Å²) in [6.45, 7) is 1.93. The molecule has 0 radical (unpaired) electrons. The molecule has 1 N–H and O–H groups in total. The summed E-state index contributed by atoms with van der Waals surface area (Å²) in [5, 5.41) is 11.5. The second-order valence-corrected chi connectivity index (χ2v) is 4.94. The van der Waals surface area contributed by atoms with E-state index in [4.69, 9.17) is 0 Å². The molecule has 0 saturated heterocycles. The van der Waals surface area contributed by atoms with Crippen molar-refractivity contribution in [3.8, 4) is 0 Å². The van der Waals surface area contributed by atoms with Gasteiger partial charge in [0, 0.05) is 25.2 Å². The third kappa shape index (κ3) is 1.72. The molecule has 1 unspecified atom stereocenters. The summed E-state index contributed by atoms with van der Waals surface area (Å²) in [5.74, 6) is 0.395. The Labute approximate surface area is 111 Å². The van der Waals surface area contributed by atoms with Crippen molar-refractivity contribution in [2.75, 3.05) is 6.54 Å². The van der Waals surface area contributed by atoms with E-state index in [1.165, 1.54) is 16.7 Å². The van der Waals surface area contributed by atoms with Crippen molar-refractivity contribution in [3.05, 3.63) is 65.6 Å². The lowest BCUT2D eigenvalue weighted by Gasteiger charge is -2.26. The fourth-order valence-electron chi connectivity index (χ4n) is 2.84. The van der Waals surface area contributed by atoms with Gasteiger partial charge in [-0.1, -0.05) is 24.3 Å². The molecule has 4 nitrogen and oxygen atoms in total. The van der Waals surface area contributed by atoms with E-state index in [-0.39, 0.29) is 0 Å². The summed E-state index contributed by atoms with van der Waals surface area (Å²) in [6.07, 6.45) is 3.76. The number of nitrogens with zero attached hydrogens (tertiary/aromatic N) is 3. The van der Waals surface area contributed by atoms with Crippen molar-refractivity contribution in [2.24, 2.45) is 0 Å². The molecule has 1 aliphatic rings. The maximum absolute atomic E-state index is 4.12. The second-order valence-electron chi connectivity index (χ2n) is 4.94. The van der Waals surface area contributed by atoms with Gasteiger partial charge in [0.15, 0.2) is 5.65 Å². The fourth-order valence-corrected chi connectivity index (χ4v) is 2.84. The van der Waals surface area contributed by atoms with E-state index in [0.29, 0.717) is 5.92 Å². The first-order valence-corrected chi connectivity index (χ1v) is 6.49. The van der Waals surface area contributed by atoms with Gasteiger partial charge in [-0.05, 0) is 28.8 Å². The highest BCUT2D eigenvalue weighted by Crippen LogP contribution is 2.30. The van der Waals surface area contributed by atoms with Crippen LogP contribution in [0.25, 0.3) is 5.65 Å². The van der Waals surface area contributed by atoms with Crippen LogP contribution < -0.4 is 5.32 Å². The van der Waals surface area contributed by atoms with E-state index in [1.807, 2.05) is 10.6 Å². The average Bonchev–Trinajstić information content (AvgIpc) is 2.94. The molecule has 3 aromatic rings. The van der Waals surface area contributed by atoms with E-state index in [0.717, 1.165) is 18.7 Å². The monoisotopic (exact) mass is 250 g/mol. The molecular weight excluding hydrogens is 236 g/mol. The molecule has 4 heteroatoms. The standard InChI is InChI=1S/C15H14N4/c1-2-4-13-12(3-1)8-16-9-14(13)11-5-6-19-10-17-18-15(19)7-11/h1-7,10,14,16H,8-9H2. The molecule has 1 aromatic carbocycles. The Morgan fingerprint density at radius 2 is 2.16 bits per heavy atom. The number of hydrogen-bond donors (Lipinski definition) is 1. The summed E-state index contributed by atoms with van der Waals surface area (Å²) < 4.78 is 1.94. The Morgan fingerprint density at radius 3 is 3.16 bits per heavy atom. The maximum Gasteiger partial charge on any atom is 0.160 e. The number of rotatable bonds is 1. The van der Waals surface area contributed by atoms with E-state index >= 15 is 0 Å². The lowest BCUT2D eigenvalue weighted by Crippen LogP contribution is -2.28. The normalized spacial score (nSPS) is 18.4. The Morgan fingerprint density at radius 1 is 1.21 bits per heavy atom. The predicted octanol–water partition coefficient (Wildman–Crippen LogP) is 1.96. The summed E-state index contributed by atoms with van der Waals surface area (Å²) in [5.41, 5.74) is 5.01. The molecule has 0 aliphatic carbocycles. The SMILES string of the molecule is c1ccc2c(c1)CNCC2c1ccn2cnnc2c1. The Bertz CT molecular complexity index is 732. The third-order valence-electron chi connectivity index (χ3n) is 3.82. The maximum atomic E-state index is 4.12. The van der Waals surface area contributed by atoms with Gasteiger partial charge in [0.1, 0.15) is 6.33 Å². The molecule has 0 bridgehead atoms. The van der Waals surface area contributed by atoms with Crippen LogP contribution in [0.3, 0.4) is 0 Å². The highest BCUT2D eigenvalue weighted by molar-refractivity contribution is 5.46. The smallest absolute Gasteiger partial charge is 0.160 e. The molecular formula is C15H14N4. The van der Waals surface area contributed by atoms with Gasteiger partial charge in [-0.2, -0.15) is 0 Å². The van der Waals surface area contributed by atoms with Crippen molar-refractivity contribution in [2.45, 2.75) is 12.5 Å².